The number of nitrogens with zero attached hydrogens (tertiary/aromatic N) is 2. The molecule has 1 fully saturated rings. The zero-order valence-electron chi connectivity index (χ0n) is 17.6. The average Bonchev–Trinajstić information content (AvgIpc) is 3.20. The third-order valence-electron chi connectivity index (χ3n) is 5.28. The standard InChI is InChI=1S/C22H26N4O5S/c27-22(16-20-19-4-1-2-5-21(19)31-25-20)24-17-6-8-18(9-7-17)32(28,29)23-10-3-11-26-12-14-30-15-13-26/h1-2,4-9,23H,3,10-16H2,(H,24,27). The summed E-state index contributed by atoms with van der Waals surface area (Å²) in [5.74, 6) is -0.263. The van der Waals surface area contributed by atoms with E-state index < -0.39 is 10.0 Å². The Hall–Kier alpha value is -2.79. The normalized spacial score (nSPS) is 15.1. The zero-order chi connectivity index (χ0) is 22.4. The minimum absolute atomic E-state index is 0.0573. The molecule has 170 valence electrons. The quantitative estimate of drug-likeness (QED) is 0.472. The second-order valence-corrected chi connectivity index (χ2v) is 9.35. The van der Waals surface area contributed by atoms with Gasteiger partial charge in [-0.3, -0.25) is 9.69 Å². The maximum absolute atomic E-state index is 12.5. The first-order valence-electron chi connectivity index (χ1n) is 10.5. The van der Waals surface area contributed by atoms with Crippen LogP contribution in [0.3, 0.4) is 0 Å². The van der Waals surface area contributed by atoms with E-state index in [0.29, 0.717) is 23.5 Å². The molecule has 2 heterocycles. The van der Waals surface area contributed by atoms with Crippen LogP contribution < -0.4 is 10.0 Å². The Bertz CT molecular complexity index is 1150. The Balaban J connectivity index is 1.27. The molecule has 2 aromatic carbocycles. The lowest BCUT2D eigenvalue weighted by Gasteiger charge is -2.26. The van der Waals surface area contributed by atoms with E-state index in [9.17, 15) is 13.2 Å². The van der Waals surface area contributed by atoms with Crippen LogP contribution in [0.2, 0.25) is 0 Å². The van der Waals surface area contributed by atoms with E-state index in [2.05, 4.69) is 20.1 Å². The number of amides is 1. The molecule has 0 atom stereocenters. The van der Waals surface area contributed by atoms with Crippen LogP contribution in [-0.2, 0) is 26.0 Å². The summed E-state index contributed by atoms with van der Waals surface area (Å²) in [4.78, 5) is 14.8. The summed E-state index contributed by atoms with van der Waals surface area (Å²) in [7, 11) is -3.60. The predicted molar refractivity (Wildman–Crippen MR) is 120 cm³/mol. The second-order valence-electron chi connectivity index (χ2n) is 7.58. The second kappa shape index (κ2) is 10.2. The van der Waals surface area contributed by atoms with E-state index in [4.69, 9.17) is 9.26 Å². The number of morpholine rings is 1. The highest BCUT2D eigenvalue weighted by atomic mass is 32.2. The first-order chi connectivity index (χ1) is 15.5. The molecule has 1 amide bonds. The Morgan fingerprint density at radius 1 is 1.06 bits per heavy atom. The molecule has 0 aliphatic carbocycles. The number of carbonyl (C=O) groups excluding carboxylic acids is 1. The Kier molecular flexibility index (Phi) is 7.15. The molecule has 0 saturated carbocycles. The highest BCUT2D eigenvalue weighted by molar-refractivity contribution is 7.89. The van der Waals surface area contributed by atoms with Crippen molar-refractivity contribution in [3.05, 3.63) is 54.2 Å². The topological polar surface area (TPSA) is 114 Å². The molecule has 1 aromatic heterocycles. The van der Waals surface area contributed by atoms with Gasteiger partial charge in [0.05, 0.1) is 24.5 Å². The number of fused-ring (bicyclic) bond motifs is 1. The SMILES string of the molecule is O=C(Cc1noc2ccccc12)Nc1ccc(S(=O)(=O)NCCCN2CCOCC2)cc1. The number of ether oxygens (including phenoxy) is 1. The molecule has 1 saturated heterocycles. The van der Waals surface area contributed by atoms with E-state index in [1.165, 1.54) is 12.1 Å². The molecule has 0 spiro atoms. The molecule has 3 aromatic rings. The van der Waals surface area contributed by atoms with Gasteiger partial charge in [-0.2, -0.15) is 0 Å². The predicted octanol–water partition coefficient (Wildman–Crippen LogP) is 2.01. The molecule has 10 heteroatoms. The minimum Gasteiger partial charge on any atom is -0.379 e. The van der Waals surface area contributed by atoms with Gasteiger partial charge in [0.15, 0.2) is 5.58 Å². The monoisotopic (exact) mass is 458 g/mol. The van der Waals surface area contributed by atoms with Crippen molar-refractivity contribution in [2.75, 3.05) is 44.7 Å². The summed E-state index contributed by atoms with van der Waals surface area (Å²) in [5, 5.41) is 7.51. The summed E-state index contributed by atoms with van der Waals surface area (Å²) in [6.07, 6.45) is 0.784. The highest BCUT2D eigenvalue weighted by Gasteiger charge is 2.16. The molecule has 1 aliphatic rings. The van der Waals surface area contributed by atoms with Crippen molar-refractivity contribution in [2.24, 2.45) is 0 Å². The lowest BCUT2D eigenvalue weighted by atomic mass is 10.1. The summed E-state index contributed by atoms with van der Waals surface area (Å²) in [5.41, 5.74) is 1.69. The smallest absolute Gasteiger partial charge is 0.240 e. The first-order valence-corrected chi connectivity index (χ1v) is 12.0. The van der Waals surface area contributed by atoms with Crippen molar-refractivity contribution in [1.82, 2.24) is 14.8 Å². The van der Waals surface area contributed by atoms with Crippen LogP contribution in [0.15, 0.2) is 57.9 Å². The summed E-state index contributed by atoms with van der Waals surface area (Å²) < 4.78 is 38.2. The average molecular weight is 459 g/mol. The third-order valence-corrected chi connectivity index (χ3v) is 6.75. The summed E-state index contributed by atoms with van der Waals surface area (Å²) in [6, 6.07) is 13.4. The molecule has 0 bridgehead atoms. The van der Waals surface area contributed by atoms with Crippen LogP contribution in [0.1, 0.15) is 12.1 Å². The Morgan fingerprint density at radius 3 is 2.59 bits per heavy atom. The van der Waals surface area contributed by atoms with Gasteiger partial charge in [0.1, 0.15) is 5.69 Å². The number of sulfonamides is 1. The fourth-order valence-corrected chi connectivity index (χ4v) is 4.63. The van der Waals surface area contributed by atoms with Crippen molar-refractivity contribution in [3.63, 3.8) is 0 Å². The van der Waals surface area contributed by atoms with E-state index in [1.54, 1.807) is 18.2 Å². The van der Waals surface area contributed by atoms with Gasteiger partial charge in [-0.25, -0.2) is 13.1 Å². The molecule has 0 unspecified atom stereocenters. The molecular formula is C22H26N4O5S. The number of nitrogens with one attached hydrogen (secondary N) is 2. The lowest BCUT2D eigenvalue weighted by Crippen LogP contribution is -2.38. The van der Waals surface area contributed by atoms with Crippen molar-refractivity contribution in [3.8, 4) is 0 Å². The van der Waals surface area contributed by atoms with Crippen molar-refractivity contribution < 1.29 is 22.5 Å². The third kappa shape index (κ3) is 5.71. The number of carbonyl (C=O) groups is 1. The van der Waals surface area contributed by atoms with E-state index >= 15 is 0 Å². The number of hydrogen-bond acceptors (Lipinski definition) is 7. The van der Waals surface area contributed by atoms with Crippen molar-refractivity contribution >= 4 is 32.6 Å². The van der Waals surface area contributed by atoms with Gasteiger partial charge in [-0.15, -0.1) is 0 Å². The van der Waals surface area contributed by atoms with Gasteiger partial charge in [0.2, 0.25) is 15.9 Å². The van der Waals surface area contributed by atoms with Gasteiger partial charge in [-0.05, 0) is 49.4 Å². The number of benzene rings is 2. The first kappa shape index (κ1) is 22.4. The van der Waals surface area contributed by atoms with Crippen molar-refractivity contribution in [2.45, 2.75) is 17.7 Å². The number of para-hydroxylation sites is 1. The molecule has 9 nitrogen and oxygen atoms in total. The van der Waals surface area contributed by atoms with E-state index in [-0.39, 0.29) is 17.2 Å². The van der Waals surface area contributed by atoms with Crippen LogP contribution in [-0.4, -0.2) is 63.8 Å². The number of rotatable bonds is 9. The molecule has 0 radical (unpaired) electrons. The van der Waals surface area contributed by atoms with Crippen LogP contribution in [0.4, 0.5) is 5.69 Å². The number of hydrogen-bond donors (Lipinski definition) is 2. The molecule has 1 aliphatic heterocycles. The Morgan fingerprint density at radius 2 is 1.81 bits per heavy atom. The van der Waals surface area contributed by atoms with Crippen LogP contribution in [0.25, 0.3) is 11.0 Å². The van der Waals surface area contributed by atoms with E-state index in [0.717, 1.165) is 44.7 Å². The molecular weight excluding hydrogens is 432 g/mol. The number of aromatic nitrogens is 1. The van der Waals surface area contributed by atoms with Crippen LogP contribution in [0, 0.1) is 0 Å². The maximum atomic E-state index is 12.5. The highest BCUT2D eigenvalue weighted by Crippen LogP contribution is 2.19. The zero-order valence-corrected chi connectivity index (χ0v) is 18.4. The van der Waals surface area contributed by atoms with Crippen LogP contribution >= 0.6 is 0 Å². The lowest BCUT2D eigenvalue weighted by molar-refractivity contribution is -0.115. The summed E-state index contributed by atoms with van der Waals surface area (Å²) >= 11 is 0. The minimum atomic E-state index is -3.60. The van der Waals surface area contributed by atoms with Gasteiger partial charge in [0.25, 0.3) is 0 Å². The molecule has 2 N–H and O–H groups in total. The molecule has 4 rings (SSSR count). The van der Waals surface area contributed by atoms with Gasteiger partial charge in [0, 0.05) is 30.7 Å². The van der Waals surface area contributed by atoms with Crippen LogP contribution in [0.5, 0.6) is 0 Å². The van der Waals surface area contributed by atoms with Gasteiger partial charge < -0.3 is 14.6 Å². The van der Waals surface area contributed by atoms with Crippen molar-refractivity contribution in [1.29, 1.82) is 0 Å². The fraction of sp³-hybridized carbons (Fsp3) is 0.364. The maximum Gasteiger partial charge on any atom is 0.240 e. The molecule has 32 heavy (non-hydrogen) atoms. The fourth-order valence-electron chi connectivity index (χ4n) is 3.56. The summed E-state index contributed by atoms with van der Waals surface area (Å²) in [6.45, 7) is 4.41. The Labute approximate surface area is 186 Å². The largest absolute Gasteiger partial charge is 0.379 e. The van der Waals surface area contributed by atoms with Gasteiger partial charge in [-0.1, -0.05) is 17.3 Å². The number of anilines is 1. The van der Waals surface area contributed by atoms with E-state index in [1.807, 2.05) is 18.2 Å². The van der Waals surface area contributed by atoms with Gasteiger partial charge >= 0.3 is 0 Å².